The molecule has 0 amide bonds. The van der Waals surface area contributed by atoms with E-state index in [-0.39, 0.29) is 6.10 Å². The molecule has 0 aliphatic heterocycles. The Hall–Kier alpha value is -0.840. The van der Waals surface area contributed by atoms with E-state index in [0.717, 1.165) is 18.1 Å². The highest BCUT2D eigenvalue weighted by Crippen LogP contribution is 2.05. The number of rotatable bonds is 6. The largest absolute Gasteiger partial charge is 0.465 e. The van der Waals surface area contributed by atoms with Crippen LogP contribution < -0.4 is 11.1 Å². The van der Waals surface area contributed by atoms with Gasteiger partial charge in [0.1, 0.15) is 11.5 Å². The van der Waals surface area contributed by atoms with Gasteiger partial charge in [0.25, 0.3) is 0 Å². The Balaban J connectivity index is 2.21. The Kier molecular flexibility index (Phi) is 4.65. The summed E-state index contributed by atoms with van der Waals surface area (Å²) < 4.78 is 10.5. The second-order valence-electron chi connectivity index (χ2n) is 3.24. The van der Waals surface area contributed by atoms with Crippen LogP contribution in [0.4, 0.5) is 0 Å². The fourth-order valence-electron chi connectivity index (χ4n) is 1.20. The van der Waals surface area contributed by atoms with E-state index in [9.17, 15) is 0 Å². The summed E-state index contributed by atoms with van der Waals surface area (Å²) in [5.74, 6) is 1.87. The maximum atomic E-state index is 5.48. The first kappa shape index (κ1) is 11.2. The van der Waals surface area contributed by atoms with Crippen molar-refractivity contribution in [3.8, 4) is 0 Å². The summed E-state index contributed by atoms with van der Waals surface area (Å²) in [4.78, 5) is 0. The summed E-state index contributed by atoms with van der Waals surface area (Å²) >= 11 is 0. The standard InChI is InChI=1S/C10H18N2O2/c1-8-3-4-9(14-8)6-12-7-10(5-11)13-2/h3-4,10,12H,5-7,11H2,1-2H3. The lowest BCUT2D eigenvalue weighted by molar-refractivity contribution is 0.108. The smallest absolute Gasteiger partial charge is 0.117 e. The van der Waals surface area contributed by atoms with Gasteiger partial charge in [0, 0.05) is 20.2 Å². The molecule has 1 aromatic heterocycles. The third-order valence-corrected chi connectivity index (χ3v) is 2.06. The highest BCUT2D eigenvalue weighted by Gasteiger charge is 2.04. The van der Waals surface area contributed by atoms with Crippen LogP contribution in [0.5, 0.6) is 0 Å². The molecule has 0 aromatic carbocycles. The number of hydrogen-bond donors (Lipinski definition) is 2. The quantitative estimate of drug-likeness (QED) is 0.704. The van der Waals surface area contributed by atoms with Crippen LogP contribution in [-0.4, -0.2) is 26.3 Å². The highest BCUT2D eigenvalue weighted by atomic mass is 16.5. The monoisotopic (exact) mass is 198 g/mol. The number of ether oxygens (including phenoxy) is 1. The number of methoxy groups -OCH3 is 1. The Morgan fingerprint density at radius 1 is 1.57 bits per heavy atom. The van der Waals surface area contributed by atoms with Gasteiger partial charge in [0.15, 0.2) is 0 Å². The van der Waals surface area contributed by atoms with Crippen LogP contribution in [-0.2, 0) is 11.3 Å². The number of furan rings is 1. The number of aryl methyl sites for hydroxylation is 1. The zero-order chi connectivity index (χ0) is 10.4. The van der Waals surface area contributed by atoms with Crippen molar-refractivity contribution in [3.63, 3.8) is 0 Å². The van der Waals surface area contributed by atoms with Crippen molar-refractivity contribution in [3.05, 3.63) is 23.7 Å². The molecule has 0 bridgehead atoms. The maximum absolute atomic E-state index is 5.48. The van der Waals surface area contributed by atoms with E-state index in [2.05, 4.69) is 5.32 Å². The first-order valence-corrected chi connectivity index (χ1v) is 4.75. The maximum Gasteiger partial charge on any atom is 0.117 e. The minimum atomic E-state index is 0.0751. The minimum absolute atomic E-state index is 0.0751. The van der Waals surface area contributed by atoms with E-state index in [1.807, 2.05) is 19.1 Å². The molecule has 0 radical (unpaired) electrons. The lowest BCUT2D eigenvalue weighted by atomic mass is 10.3. The summed E-state index contributed by atoms with van der Waals surface area (Å²) in [5, 5.41) is 3.22. The average molecular weight is 198 g/mol. The van der Waals surface area contributed by atoms with Crippen LogP contribution >= 0.6 is 0 Å². The van der Waals surface area contributed by atoms with E-state index < -0.39 is 0 Å². The van der Waals surface area contributed by atoms with E-state index in [1.54, 1.807) is 7.11 Å². The lowest BCUT2D eigenvalue weighted by Crippen LogP contribution is -2.33. The van der Waals surface area contributed by atoms with Gasteiger partial charge in [-0.15, -0.1) is 0 Å². The van der Waals surface area contributed by atoms with Crippen LogP contribution in [0.15, 0.2) is 16.5 Å². The molecule has 0 spiro atoms. The summed E-state index contributed by atoms with van der Waals surface area (Å²) in [5.41, 5.74) is 5.48. The Morgan fingerprint density at radius 3 is 2.86 bits per heavy atom. The van der Waals surface area contributed by atoms with Crippen molar-refractivity contribution < 1.29 is 9.15 Å². The molecule has 1 rings (SSSR count). The average Bonchev–Trinajstić information content (AvgIpc) is 2.59. The first-order chi connectivity index (χ1) is 6.76. The van der Waals surface area contributed by atoms with Crippen LogP contribution in [0.1, 0.15) is 11.5 Å². The van der Waals surface area contributed by atoms with Crippen molar-refractivity contribution in [1.82, 2.24) is 5.32 Å². The van der Waals surface area contributed by atoms with E-state index in [1.165, 1.54) is 0 Å². The summed E-state index contributed by atoms with van der Waals surface area (Å²) in [7, 11) is 1.66. The van der Waals surface area contributed by atoms with Gasteiger partial charge in [-0.2, -0.15) is 0 Å². The number of nitrogens with one attached hydrogen (secondary N) is 1. The van der Waals surface area contributed by atoms with Crippen LogP contribution in [0, 0.1) is 6.92 Å². The van der Waals surface area contributed by atoms with Gasteiger partial charge >= 0.3 is 0 Å². The molecule has 1 unspecified atom stereocenters. The Bertz CT molecular complexity index is 256. The molecule has 0 saturated carbocycles. The van der Waals surface area contributed by atoms with Gasteiger partial charge in [0.2, 0.25) is 0 Å². The van der Waals surface area contributed by atoms with Gasteiger partial charge in [-0.25, -0.2) is 0 Å². The van der Waals surface area contributed by atoms with Gasteiger partial charge in [-0.05, 0) is 19.1 Å². The second kappa shape index (κ2) is 5.80. The molecule has 80 valence electrons. The summed E-state index contributed by atoms with van der Waals surface area (Å²) in [6.45, 7) is 3.92. The minimum Gasteiger partial charge on any atom is -0.465 e. The summed E-state index contributed by atoms with van der Waals surface area (Å²) in [6.07, 6.45) is 0.0751. The Morgan fingerprint density at radius 2 is 2.36 bits per heavy atom. The van der Waals surface area contributed by atoms with Crippen molar-refractivity contribution >= 4 is 0 Å². The molecule has 4 nitrogen and oxygen atoms in total. The van der Waals surface area contributed by atoms with Crippen LogP contribution in [0.3, 0.4) is 0 Å². The molecule has 14 heavy (non-hydrogen) atoms. The fourth-order valence-corrected chi connectivity index (χ4v) is 1.20. The Labute approximate surface area is 84.4 Å². The molecule has 4 heteroatoms. The van der Waals surface area contributed by atoms with E-state index >= 15 is 0 Å². The number of nitrogens with two attached hydrogens (primary N) is 1. The molecule has 0 fully saturated rings. The molecule has 1 heterocycles. The molecule has 1 aromatic rings. The molecule has 0 aliphatic rings. The van der Waals surface area contributed by atoms with Gasteiger partial charge in [0.05, 0.1) is 12.6 Å². The normalized spacial score (nSPS) is 13.1. The lowest BCUT2D eigenvalue weighted by Gasteiger charge is -2.12. The van der Waals surface area contributed by atoms with Crippen LogP contribution in [0.2, 0.25) is 0 Å². The third kappa shape index (κ3) is 3.49. The second-order valence-corrected chi connectivity index (χ2v) is 3.24. The van der Waals surface area contributed by atoms with Gasteiger partial charge < -0.3 is 20.2 Å². The molecule has 0 aliphatic carbocycles. The molecule has 1 atom stereocenters. The van der Waals surface area contributed by atoms with Crippen LogP contribution in [0.25, 0.3) is 0 Å². The topological polar surface area (TPSA) is 60.4 Å². The van der Waals surface area contributed by atoms with Crippen molar-refractivity contribution in [1.29, 1.82) is 0 Å². The predicted octanol–water partition coefficient (Wildman–Crippen LogP) is 0.651. The highest BCUT2D eigenvalue weighted by molar-refractivity contribution is 5.05. The first-order valence-electron chi connectivity index (χ1n) is 4.75. The van der Waals surface area contributed by atoms with Crippen molar-refractivity contribution in [2.75, 3.05) is 20.2 Å². The summed E-state index contributed by atoms with van der Waals surface area (Å²) in [6, 6.07) is 3.92. The van der Waals surface area contributed by atoms with Crippen molar-refractivity contribution in [2.24, 2.45) is 5.73 Å². The SMILES string of the molecule is COC(CN)CNCc1ccc(C)o1. The van der Waals surface area contributed by atoms with Crippen molar-refractivity contribution in [2.45, 2.75) is 19.6 Å². The third-order valence-electron chi connectivity index (χ3n) is 2.06. The molecular weight excluding hydrogens is 180 g/mol. The van der Waals surface area contributed by atoms with Gasteiger partial charge in [-0.3, -0.25) is 0 Å². The predicted molar refractivity (Wildman–Crippen MR) is 55.0 cm³/mol. The zero-order valence-electron chi connectivity index (χ0n) is 8.75. The van der Waals surface area contributed by atoms with E-state index in [0.29, 0.717) is 13.1 Å². The van der Waals surface area contributed by atoms with E-state index in [4.69, 9.17) is 14.9 Å². The number of hydrogen-bond acceptors (Lipinski definition) is 4. The van der Waals surface area contributed by atoms with Gasteiger partial charge in [-0.1, -0.05) is 0 Å². The molecule has 3 N–H and O–H groups in total. The zero-order valence-corrected chi connectivity index (χ0v) is 8.75. The molecule has 0 saturated heterocycles. The molecular formula is C10H18N2O2. The fraction of sp³-hybridized carbons (Fsp3) is 0.600.